The number of nitrogens with zero attached hydrogens (tertiary/aromatic N) is 2. The fourth-order valence-corrected chi connectivity index (χ4v) is 2.88. The summed E-state index contributed by atoms with van der Waals surface area (Å²) in [7, 11) is 1.30. The van der Waals surface area contributed by atoms with Crippen molar-refractivity contribution in [3.05, 3.63) is 58.6 Å². The molecule has 1 aromatic carbocycles. The van der Waals surface area contributed by atoms with Crippen LogP contribution in [-0.2, 0) is 16.0 Å². The Bertz CT molecular complexity index is 893. The number of rotatable bonds is 4. The van der Waals surface area contributed by atoms with E-state index >= 15 is 0 Å². The molecule has 0 amide bonds. The molecule has 0 aliphatic rings. The summed E-state index contributed by atoms with van der Waals surface area (Å²) in [5.41, 5.74) is 8.82. The fraction of sp³-hybridized carbons (Fsp3) is 0.176. The van der Waals surface area contributed by atoms with Crippen LogP contribution in [0.15, 0.2) is 47.1 Å². The first-order valence-corrected chi connectivity index (χ1v) is 8.04. The second-order valence-electron chi connectivity index (χ2n) is 5.32. The van der Waals surface area contributed by atoms with Crippen molar-refractivity contribution >= 4 is 27.5 Å². The molecule has 3 aromatic rings. The predicted octanol–water partition coefficient (Wildman–Crippen LogP) is 2.95. The van der Waals surface area contributed by atoms with E-state index in [2.05, 4.69) is 20.9 Å². The van der Waals surface area contributed by atoms with Gasteiger partial charge in [-0.3, -0.25) is 4.79 Å². The fourth-order valence-electron chi connectivity index (χ4n) is 2.54. The van der Waals surface area contributed by atoms with Crippen LogP contribution in [0.5, 0.6) is 0 Å². The van der Waals surface area contributed by atoms with Gasteiger partial charge in [0.2, 0.25) is 0 Å². The molecule has 0 aliphatic carbocycles. The lowest BCUT2D eigenvalue weighted by molar-refractivity contribution is -0.142. The minimum Gasteiger partial charge on any atom is -0.468 e. The molecule has 0 aliphatic heterocycles. The number of benzene rings is 1. The second kappa shape index (κ2) is 6.70. The molecule has 0 radical (unpaired) electrons. The molecule has 0 saturated carbocycles. The third-order valence-electron chi connectivity index (χ3n) is 3.72. The lowest BCUT2D eigenvalue weighted by atomic mass is 10.1. The Hall–Kier alpha value is -2.25. The van der Waals surface area contributed by atoms with Crippen molar-refractivity contribution in [2.45, 2.75) is 12.5 Å². The van der Waals surface area contributed by atoms with E-state index in [1.807, 2.05) is 22.7 Å². The van der Waals surface area contributed by atoms with Gasteiger partial charge in [0, 0.05) is 22.7 Å². The van der Waals surface area contributed by atoms with Crippen LogP contribution < -0.4 is 5.73 Å². The number of esters is 1. The highest BCUT2D eigenvalue weighted by Crippen LogP contribution is 2.27. The van der Waals surface area contributed by atoms with E-state index in [4.69, 9.17) is 10.5 Å². The van der Waals surface area contributed by atoms with Gasteiger partial charge in [0.05, 0.1) is 18.5 Å². The zero-order valence-electron chi connectivity index (χ0n) is 12.9. The van der Waals surface area contributed by atoms with Crippen LogP contribution in [0.2, 0.25) is 0 Å². The van der Waals surface area contributed by atoms with Crippen LogP contribution >= 0.6 is 15.9 Å². The maximum Gasteiger partial charge on any atom is 0.323 e. The predicted molar refractivity (Wildman–Crippen MR) is 92.0 cm³/mol. The average molecular weight is 392 g/mol. The number of halogens is 2. The lowest BCUT2D eigenvalue weighted by Crippen LogP contribution is -2.34. The molecule has 24 heavy (non-hydrogen) atoms. The molecule has 0 fully saturated rings. The Kier molecular flexibility index (Phi) is 4.64. The number of carbonyl (C=O) groups excluding carboxylic acids is 1. The lowest BCUT2D eigenvalue weighted by Gasteiger charge is -2.11. The Morgan fingerprint density at radius 3 is 2.71 bits per heavy atom. The topological polar surface area (TPSA) is 69.6 Å². The number of carbonyl (C=O) groups is 1. The normalized spacial score (nSPS) is 12.3. The van der Waals surface area contributed by atoms with Gasteiger partial charge < -0.3 is 14.9 Å². The van der Waals surface area contributed by atoms with Crippen molar-refractivity contribution in [2.24, 2.45) is 5.73 Å². The maximum atomic E-state index is 13.2. The highest BCUT2D eigenvalue weighted by atomic mass is 79.9. The van der Waals surface area contributed by atoms with Crippen molar-refractivity contribution in [2.75, 3.05) is 7.11 Å². The first-order valence-electron chi connectivity index (χ1n) is 7.25. The van der Waals surface area contributed by atoms with E-state index in [-0.39, 0.29) is 12.2 Å². The molecule has 124 valence electrons. The number of hydrogen-bond acceptors (Lipinski definition) is 4. The Labute approximate surface area is 146 Å². The summed E-state index contributed by atoms with van der Waals surface area (Å²) in [6.45, 7) is 0. The summed E-state index contributed by atoms with van der Waals surface area (Å²) in [6.07, 6.45) is 2.10. The highest BCUT2D eigenvalue weighted by molar-refractivity contribution is 9.10. The summed E-state index contributed by atoms with van der Waals surface area (Å²) >= 11 is 3.43. The summed E-state index contributed by atoms with van der Waals surface area (Å²) in [4.78, 5) is 16.3. The zero-order chi connectivity index (χ0) is 17.3. The second-order valence-corrected chi connectivity index (χ2v) is 6.24. The van der Waals surface area contributed by atoms with Gasteiger partial charge in [0.1, 0.15) is 17.5 Å². The maximum absolute atomic E-state index is 13.2. The van der Waals surface area contributed by atoms with Crippen molar-refractivity contribution in [3.8, 4) is 11.3 Å². The monoisotopic (exact) mass is 391 g/mol. The zero-order valence-corrected chi connectivity index (χ0v) is 14.5. The smallest absolute Gasteiger partial charge is 0.323 e. The van der Waals surface area contributed by atoms with Crippen LogP contribution in [0.1, 0.15) is 5.69 Å². The third kappa shape index (κ3) is 3.18. The van der Waals surface area contributed by atoms with Gasteiger partial charge in [-0.2, -0.15) is 0 Å². The van der Waals surface area contributed by atoms with Gasteiger partial charge in [0.25, 0.3) is 0 Å². The molecule has 5 nitrogen and oxygen atoms in total. The molecule has 0 spiro atoms. The van der Waals surface area contributed by atoms with Crippen molar-refractivity contribution in [1.29, 1.82) is 0 Å². The number of fused-ring (bicyclic) bond motifs is 1. The summed E-state index contributed by atoms with van der Waals surface area (Å²) in [5.74, 6) is -0.817. The van der Waals surface area contributed by atoms with Crippen molar-refractivity contribution in [1.82, 2.24) is 9.38 Å². The molecule has 0 bridgehead atoms. The molecule has 2 aromatic heterocycles. The third-order valence-corrected chi connectivity index (χ3v) is 4.19. The number of pyridine rings is 1. The van der Waals surface area contributed by atoms with Crippen molar-refractivity contribution in [3.63, 3.8) is 0 Å². The van der Waals surface area contributed by atoms with Gasteiger partial charge in [-0.1, -0.05) is 0 Å². The van der Waals surface area contributed by atoms with Crippen molar-refractivity contribution < 1.29 is 13.9 Å². The van der Waals surface area contributed by atoms with Crippen LogP contribution in [0.25, 0.3) is 16.9 Å². The average Bonchev–Trinajstić information content (AvgIpc) is 2.92. The molecule has 0 saturated heterocycles. The summed E-state index contributed by atoms with van der Waals surface area (Å²) in [6, 6.07) is 8.97. The van der Waals surface area contributed by atoms with Crippen LogP contribution in [0, 0.1) is 5.82 Å². The van der Waals surface area contributed by atoms with Gasteiger partial charge >= 0.3 is 5.97 Å². The van der Waals surface area contributed by atoms with Crippen LogP contribution in [-0.4, -0.2) is 28.5 Å². The van der Waals surface area contributed by atoms with E-state index in [9.17, 15) is 9.18 Å². The number of imidazole rings is 1. The molecule has 3 rings (SSSR count). The van der Waals surface area contributed by atoms with Crippen LogP contribution in [0.4, 0.5) is 4.39 Å². The number of aromatic nitrogens is 2. The molecular weight excluding hydrogens is 377 g/mol. The van der Waals surface area contributed by atoms with Gasteiger partial charge in [0.15, 0.2) is 0 Å². The van der Waals surface area contributed by atoms with E-state index < -0.39 is 12.0 Å². The van der Waals surface area contributed by atoms with E-state index in [1.54, 1.807) is 12.1 Å². The molecule has 7 heteroatoms. The quantitative estimate of drug-likeness (QED) is 0.694. The van der Waals surface area contributed by atoms with E-state index in [0.717, 1.165) is 15.7 Å². The minimum absolute atomic E-state index is 0.247. The Morgan fingerprint density at radius 2 is 2.04 bits per heavy atom. The first-order chi connectivity index (χ1) is 11.5. The van der Waals surface area contributed by atoms with E-state index in [1.165, 1.54) is 19.2 Å². The number of ether oxygens (including phenoxy) is 1. The number of nitrogens with two attached hydrogens (primary N) is 1. The standard InChI is InChI=1S/C17H15BrFN3O2/c1-24-17(23)13(20)8-14-16(10-2-5-12(19)6-3-10)21-15-7-4-11(18)9-22(14)15/h2-7,9,13H,8,20H2,1H3. The highest BCUT2D eigenvalue weighted by Gasteiger charge is 2.21. The molecular formula is C17H15BrFN3O2. The van der Waals surface area contributed by atoms with Gasteiger partial charge in [-0.05, 0) is 52.3 Å². The van der Waals surface area contributed by atoms with Crippen LogP contribution in [0.3, 0.4) is 0 Å². The molecule has 2 heterocycles. The largest absolute Gasteiger partial charge is 0.468 e. The van der Waals surface area contributed by atoms with Gasteiger partial charge in [-0.15, -0.1) is 0 Å². The Balaban J connectivity index is 2.15. The first kappa shape index (κ1) is 16.6. The summed E-state index contributed by atoms with van der Waals surface area (Å²) < 4.78 is 20.6. The SMILES string of the molecule is COC(=O)C(N)Cc1c(-c2ccc(F)cc2)nc2ccc(Br)cn12. The van der Waals surface area contributed by atoms with Gasteiger partial charge in [-0.25, -0.2) is 9.37 Å². The number of methoxy groups -OCH3 is 1. The molecule has 1 unspecified atom stereocenters. The Morgan fingerprint density at radius 1 is 1.33 bits per heavy atom. The number of hydrogen-bond donors (Lipinski definition) is 1. The van der Waals surface area contributed by atoms with E-state index in [0.29, 0.717) is 11.3 Å². The minimum atomic E-state index is -0.812. The molecule has 2 N–H and O–H groups in total. The molecule has 1 atom stereocenters. The summed E-state index contributed by atoms with van der Waals surface area (Å²) in [5, 5.41) is 0.